The van der Waals surface area contributed by atoms with E-state index in [0.717, 1.165) is 63.0 Å². The third kappa shape index (κ3) is 3.32. The molecule has 4 nitrogen and oxygen atoms in total. The predicted molar refractivity (Wildman–Crippen MR) is 89.8 cm³/mol. The zero-order valence-electron chi connectivity index (χ0n) is 13.5. The minimum Gasteiger partial charge on any atom is -0.380 e. The van der Waals surface area contributed by atoms with Crippen molar-refractivity contribution in [3.05, 3.63) is 22.4 Å². The lowest BCUT2D eigenvalue weighted by Crippen LogP contribution is -2.58. The summed E-state index contributed by atoms with van der Waals surface area (Å²) in [4.78, 5) is 15.6. The molecule has 0 bridgehead atoms. The second-order valence-corrected chi connectivity index (χ2v) is 8.22. The molecule has 0 spiro atoms. The molecule has 1 saturated carbocycles. The molecule has 3 aliphatic rings. The zero-order valence-corrected chi connectivity index (χ0v) is 14.4. The maximum absolute atomic E-state index is 12.7. The van der Waals surface area contributed by atoms with E-state index in [9.17, 15) is 4.79 Å². The van der Waals surface area contributed by atoms with Crippen LogP contribution in [0.2, 0.25) is 0 Å². The van der Waals surface area contributed by atoms with Crippen LogP contribution in [0.25, 0.3) is 0 Å². The quantitative estimate of drug-likeness (QED) is 0.829. The molecule has 3 heterocycles. The molecule has 5 heteroatoms. The van der Waals surface area contributed by atoms with Gasteiger partial charge in [-0.05, 0) is 49.5 Å². The van der Waals surface area contributed by atoms with Crippen LogP contribution in [0.4, 0.5) is 0 Å². The van der Waals surface area contributed by atoms with Gasteiger partial charge in [0.1, 0.15) is 0 Å². The van der Waals surface area contributed by atoms with E-state index >= 15 is 0 Å². The van der Waals surface area contributed by atoms with Crippen LogP contribution < -0.4 is 0 Å². The summed E-state index contributed by atoms with van der Waals surface area (Å²) in [5, 5.41) is 1.97. The first kappa shape index (κ1) is 15.6. The number of carbonyl (C=O) groups excluding carboxylic acids is 1. The van der Waals surface area contributed by atoms with Gasteiger partial charge in [0, 0.05) is 31.7 Å². The maximum atomic E-state index is 12.7. The van der Waals surface area contributed by atoms with Crippen LogP contribution >= 0.6 is 11.3 Å². The fourth-order valence-electron chi connectivity index (χ4n) is 3.94. The van der Waals surface area contributed by atoms with Crippen LogP contribution in [0.3, 0.4) is 0 Å². The Labute approximate surface area is 141 Å². The average molecular weight is 335 g/mol. The first-order valence-electron chi connectivity index (χ1n) is 8.79. The molecule has 2 atom stereocenters. The lowest BCUT2D eigenvalue weighted by molar-refractivity contribution is -0.147. The predicted octanol–water partition coefficient (Wildman–Crippen LogP) is 3.19. The molecule has 0 aromatic carbocycles. The number of hydrogen-bond acceptors (Lipinski definition) is 4. The molecule has 0 N–H and O–H groups in total. The number of thiophene rings is 1. The highest BCUT2D eigenvalue weighted by atomic mass is 32.1. The Kier molecular flexibility index (Phi) is 4.43. The monoisotopic (exact) mass is 335 g/mol. The smallest absolute Gasteiger partial charge is 0.263 e. The number of hydrogen-bond donors (Lipinski definition) is 0. The van der Waals surface area contributed by atoms with Crippen molar-refractivity contribution in [2.24, 2.45) is 11.3 Å². The molecule has 4 rings (SSSR count). The number of rotatable bonds is 5. The molecule has 1 amide bonds. The van der Waals surface area contributed by atoms with E-state index < -0.39 is 0 Å². The Morgan fingerprint density at radius 2 is 2.35 bits per heavy atom. The van der Waals surface area contributed by atoms with Gasteiger partial charge in [-0.25, -0.2) is 0 Å². The van der Waals surface area contributed by atoms with Gasteiger partial charge in [0.15, 0.2) is 0 Å². The number of amides is 1. The summed E-state index contributed by atoms with van der Waals surface area (Å²) in [6.45, 7) is 4.05. The van der Waals surface area contributed by atoms with E-state index in [0.29, 0.717) is 0 Å². The fraction of sp³-hybridized carbons (Fsp3) is 0.722. The van der Waals surface area contributed by atoms with E-state index in [1.54, 1.807) is 0 Å². The van der Waals surface area contributed by atoms with Crippen molar-refractivity contribution in [1.29, 1.82) is 0 Å². The molecule has 0 radical (unpaired) electrons. The van der Waals surface area contributed by atoms with Gasteiger partial charge >= 0.3 is 0 Å². The number of ether oxygens (including phenoxy) is 2. The first-order chi connectivity index (χ1) is 11.3. The lowest BCUT2D eigenvalue weighted by Gasteiger charge is -2.50. The van der Waals surface area contributed by atoms with Gasteiger partial charge in [-0.15, -0.1) is 11.3 Å². The van der Waals surface area contributed by atoms with Crippen LogP contribution in [0, 0.1) is 11.3 Å². The van der Waals surface area contributed by atoms with E-state index in [1.165, 1.54) is 24.2 Å². The highest BCUT2D eigenvalue weighted by Gasteiger charge is 2.47. The topological polar surface area (TPSA) is 38.8 Å². The Hall–Kier alpha value is -0.910. The van der Waals surface area contributed by atoms with E-state index in [2.05, 4.69) is 0 Å². The molecular weight excluding hydrogens is 310 g/mol. The summed E-state index contributed by atoms with van der Waals surface area (Å²) in [6.07, 6.45) is 6.00. The second-order valence-electron chi connectivity index (χ2n) is 7.28. The largest absolute Gasteiger partial charge is 0.380 e. The van der Waals surface area contributed by atoms with Crippen LogP contribution in [-0.4, -0.2) is 49.8 Å². The van der Waals surface area contributed by atoms with E-state index in [-0.39, 0.29) is 17.4 Å². The molecule has 1 aliphatic carbocycles. The Morgan fingerprint density at radius 1 is 1.43 bits per heavy atom. The normalized spacial score (nSPS) is 31.0. The summed E-state index contributed by atoms with van der Waals surface area (Å²) in [7, 11) is 0. The fourth-order valence-corrected chi connectivity index (χ4v) is 4.63. The van der Waals surface area contributed by atoms with Crippen LogP contribution in [0.1, 0.15) is 41.8 Å². The van der Waals surface area contributed by atoms with Gasteiger partial charge in [-0.3, -0.25) is 4.79 Å². The second kappa shape index (κ2) is 6.54. The van der Waals surface area contributed by atoms with Crippen molar-refractivity contribution in [2.45, 2.75) is 38.2 Å². The molecule has 23 heavy (non-hydrogen) atoms. The van der Waals surface area contributed by atoms with Crippen LogP contribution in [0.5, 0.6) is 0 Å². The summed E-state index contributed by atoms with van der Waals surface area (Å²) in [5.41, 5.74) is -0.00168. The Morgan fingerprint density at radius 3 is 3.13 bits per heavy atom. The highest BCUT2D eigenvalue weighted by Crippen LogP contribution is 2.41. The summed E-state index contributed by atoms with van der Waals surface area (Å²) in [5.74, 6) is 0.951. The number of piperidine rings is 1. The standard InChI is InChI=1S/C18H25NO3S/c20-17(15-3-1-10-23-15)19-8-6-16-18(12-19,7-2-9-22-16)13-21-11-14-4-5-14/h1,3,10,14,16H,2,4-9,11-13H2. The third-order valence-corrected chi connectivity index (χ3v) is 6.31. The van der Waals surface area contributed by atoms with Gasteiger partial charge in [0.25, 0.3) is 5.91 Å². The minimum atomic E-state index is -0.00168. The maximum Gasteiger partial charge on any atom is 0.263 e. The SMILES string of the molecule is O=C(c1cccs1)N1CCC2OCCCC2(COCC2CC2)C1. The highest BCUT2D eigenvalue weighted by molar-refractivity contribution is 7.12. The van der Waals surface area contributed by atoms with Crippen molar-refractivity contribution in [3.8, 4) is 0 Å². The number of carbonyl (C=O) groups is 1. The number of fused-ring (bicyclic) bond motifs is 1. The summed E-state index contributed by atoms with van der Waals surface area (Å²) < 4.78 is 12.1. The molecule has 1 aromatic rings. The molecule has 2 saturated heterocycles. The summed E-state index contributed by atoms with van der Waals surface area (Å²) in [6, 6.07) is 3.87. The number of nitrogens with zero attached hydrogens (tertiary/aromatic N) is 1. The molecular formula is C18H25NO3S. The van der Waals surface area contributed by atoms with Crippen molar-refractivity contribution in [1.82, 2.24) is 4.90 Å². The van der Waals surface area contributed by atoms with Gasteiger partial charge in [0.05, 0.1) is 17.6 Å². The Balaban J connectivity index is 1.46. The van der Waals surface area contributed by atoms with Crippen molar-refractivity contribution in [3.63, 3.8) is 0 Å². The Bertz CT molecular complexity index is 542. The zero-order chi connectivity index (χ0) is 15.7. The lowest BCUT2D eigenvalue weighted by atomic mass is 9.73. The van der Waals surface area contributed by atoms with Gasteiger partial charge < -0.3 is 14.4 Å². The number of likely N-dealkylation sites (tertiary alicyclic amines) is 1. The van der Waals surface area contributed by atoms with E-state index in [1.807, 2.05) is 22.4 Å². The molecule has 2 aliphatic heterocycles. The van der Waals surface area contributed by atoms with Crippen LogP contribution in [-0.2, 0) is 9.47 Å². The van der Waals surface area contributed by atoms with Gasteiger partial charge in [-0.2, -0.15) is 0 Å². The van der Waals surface area contributed by atoms with Gasteiger partial charge in [-0.1, -0.05) is 6.07 Å². The van der Waals surface area contributed by atoms with Crippen molar-refractivity contribution >= 4 is 17.2 Å². The third-order valence-electron chi connectivity index (χ3n) is 5.45. The van der Waals surface area contributed by atoms with Crippen molar-refractivity contribution < 1.29 is 14.3 Å². The molecule has 1 aromatic heterocycles. The first-order valence-corrected chi connectivity index (χ1v) is 9.67. The van der Waals surface area contributed by atoms with Crippen molar-refractivity contribution in [2.75, 3.05) is 32.9 Å². The average Bonchev–Trinajstić information content (AvgIpc) is 3.24. The molecule has 3 fully saturated rings. The summed E-state index contributed by atoms with van der Waals surface area (Å²) >= 11 is 1.53. The molecule has 2 unspecified atom stereocenters. The molecule has 126 valence electrons. The van der Waals surface area contributed by atoms with Gasteiger partial charge in [0.2, 0.25) is 0 Å². The van der Waals surface area contributed by atoms with E-state index in [4.69, 9.17) is 9.47 Å². The minimum absolute atomic E-state index is 0.00168. The van der Waals surface area contributed by atoms with Crippen LogP contribution in [0.15, 0.2) is 17.5 Å².